The maximum atomic E-state index is 12.3. The van der Waals surface area contributed by atoms with Crippen molar-refractivity contribution in [2.75, 3.05) is 32.7 Å². The second-order valence-electron chi connectivity index (χ2n) is 6.64. The number of piperazine rings is 1. The molecule has 6 heteroatoms. The molecule has 1 N–H and O–H groups in total. The fourth-order valence-corrected chi connectivity index (χ4v) is 3.16. The monoisotopic (exact) mass is 342 g/mol. The highest BCUT2D eigenvalue weighted by atomic mass is 16.3. The fourth-order valence-electron chi connectivity index (χ4n) is 3.16. The molecular formula is C19H26N4O2. The van der Waals surface area contributed by atoms with Crippen LogP contribution in [0.4, 0.5) is 0 Å². The summed E-state index contributed by atoms with van der Waals surface area (Å²) in [6.45, 7) is 6.27. The molecule has 6 nitrogen and oxygen atoms in total. The predicted molar refractivity (Wildman–Crippen MR) is 96.0 cm³/mol. The summed E-state index contributed by atoms with van der Waals surface area (Å²) in [7, 11) is 0. The lowest BCUT2D eigenvalue weighted by Crippen LogP contribution is -2.49. The number of aromatic nitrogens is 2. The highest BCUT2D eigenvalue weighted by Gasteiger charge is 2.22. The summed E-state index contributed by atoms with van der Waals surface area (Å²) in [4.78, 5) is 16.5. The van der Waals surface area contributed by atoms with Crippen LogP contribution in [-0.4, -0.2) is 63.3 Å². The molecule has 1 aliphatic rings. The first-order valence-electron chi connectivity index (χ1n) is 8.84. The summed E-state index contributed by atoms with van der Waals surface area (Å²) in [5, 5.41) is 14.5. The molecule has 1 aliphatic heterocycles. The summed E-state index contributed by atoms with van der Waals surface area (Å²) >= 11 is 0. The van der Waals surface area contributed by atoms with E-state index in [-0.39, 0.29) is 5.91 Å². The molecule has 1 amide bonds. The zero-order valence-electron chi connectivity index (χ0n) is 14.7. The molecule has 3 rings (SSSR count). The molecular weight excluding hydrogens is 316 g/mol. The van der Waals surface area contributed by atoms with Gasteiger partial charge in [0.2, 0.25) is 5.91 Å². The number of hydrogen-bond acceptors (Lipinski definition) is 4. The number of carbonyl (C=O) groups excluding carboxylic acids is 1. The van der Waals surface area contributed by atoms with E-state index in [1.165, 1.54) is 0 Å². The van der Waals surface area contributed by atoms with Crippen molar-refractivity contribution in [3.8, 4) is 0 Å². The number of benzene rings is 1. The van der Waals surface area contributed by atoms with Gasteiger partial charge in [-0.1, -0.05) is 30.3 Å². The minimum atomic E-state index is -0.480. The second kappa shape index (κ2) is 8.27. The molecule has 1 saturated heterocycles. The predicted octanol–water partition coefficient (Wildman–Crippen LogP) is 1.46. The zero-order valence-corrected chi connectivity index (χ0v) is 14.7. The van der Waals surface area contributed by atoms with Gasteiger partial charge in [0.25, 0.3) is 0 Å². The minimum absolute atomic E-state index is 0.177. The van der Waals surface area contributed by atoms with E-state index in [1.54, 1.807) is 6.20 Å². The standard InChI is InChI=1S/C19H26N4O2/c1-16-13-20-23(14-16)8-7-19(25)22-11-9-21(10-12-22)15-18(24)17-5-3-2-4-6-17/h2-6,13-14,18,24H,7-12,15H2,1H3. The SMILES string of the molecule is Cc1cnn(CCC(=O)N2CCN(CC(O)c3ccccc3)CC2)c1. The van der Waals surface area contributed by atoms with Gasteiger partial charge in [0.05, 0.1) is 12.3 Å². The molecule has 0 radical (unpaired) electrons. The van der Waals surface area contributed by atoms with Crippen molar-refractivity contribution in [3.63, 3.8) is 0 Å². The van der Waals surface area contributed by atoms with Gasteiger partial charge in [-0.25, -0.2) is 0 Å². The Bertz CT molecular complexity index is 678. The van der Waals surface area contributed by atoms with Crippen LogP contribution in [0, 0.1) is 6.92 Å². The van der Waals surface area contributed by atoms with Crippen LogP contribution in [0.5, 0.6) is 0 Å². The van der Waals surface area contributed by atoms with Gasteiger partial charge in [0.1, 0.15) is 0 Å². The molecule has 1 aromatic carbocycles. The molecule has 2 heterocycles. The highest BCUT2D eigenvalue weighted by molar-refractivity contribution is 5.76. The van der Waals surface area contributed by atoms with Crippen LogP contribution in [0.2, 0.25) is 0 Å². The van der Waals surface area contributed by atoms with Gasteiger partial charge in [0, 0.05) is 51.9 Å². The van der Waals surface area contributed by atoms with Crippen LogP contribution in [0.1, 0.15) is 23.7 Å². The first kappa shape index (κ1) is 17.6. The summed E-state index contributed by atoms with van der Waals surface area (Å²) in [6.07, 6.45) is 3.76. The number of nitrogens with zero attached hydrogens (tertiary/aromatic N) is 4. The molecule has 2 aromatic rings. The van der Waals surface area contributed by atoms with Crippen molar-refractivity contribution in [3.05, 3.63) is 53.9 Å². The lowest BCUT2D eigenvalue weighted by molar-refractivity contribution is -0.133. The third-order valence-corrected chi connectivity index (χ3v) is 4.66. The lowest BCUT2D eigenvalue weighted by atomic mass is 10.1. The van der Waals surface area contributed by atoms with E-state index < -0.39 is 6.10 Å². The summed E-state index contributed by atoms with van der Waals surface area (Å²) in [6, 6.07) is 9.72. The van der Waals surface area contributed by atoms with Crippen LogP contribution >= 0.6 is 0 Å². The molecule has 25 heavy (non-hydrogen) atoms. The van der Waals surface area contributed by atoms with Crippen LogP contribution in [0.3, 0.4) is 0 Å². The van der Waals surface area contributed by atoms with E-state index in [0.29, 0.717) is 19.5 Å². The van der Waals surface area contributed by atoms with Gasteiger partial charge in [-0.15, -0.1) is 0 Å². The summed E-state index contributed by atoms with van der Waals surface area (Å²) < 4.78 is 1.82. The van der Waals surface area contributed by atoms with Crippen LogP contribution in [-0.2, 0) is 11.3 Å². The summed E-state index contributed by atoms with van der Waals surface area (Å²) in [5.41, 5.74) is 2.05. The van der Waals surface area contributed by atoms with Crippen LogP contribution in [0.15, 0.2) is 42.7 Å². The molecule has 0 saturated carbocycles. The topological polar surface area (TPSA) is 61.6 Å². The van der Waals surface area contributed by atoms with Gasteiger partial charge < -0.3 is 10.0 Å². The third-order valence-electron chi connectivity index (χ3n) is 4.66. The molecule has 1 unspecified atom stereocenters. The van der Waals surface area contributed by atoms with E-state index in [4.69, 9.17) is 0 Å². The maximum absolute atomic E-state index is 12.3. The van der Waals surface area contributed by atoms with Crippen LogP contribution < -0.4 is 0 Å². The van der Waals surface area contributed by atoms with Crippen molar-refractivity contribution >= 4 is 5.91 Å². The van der Waals surface area contributed by atoms with E-state index in [2.05, 4.69) is 10.00 Å². The van der Waals surface area contributed by atoms with Gasteiger partial charge in [-0.2, -0.15) is 5.10 Å². The van der Waals surface area contributed by atoms with Crippen molar-refractivity contribution in [1.82, 2.24) is 19.6 Å². The minimum Gasteiger partial charge on any atom is -0.387 e. The first-order chi connectivity index (χ1) is 12.1. The molecule has 1 fully saturated rings. The van der Waals surface area contributed by atoms with E-state index >= 15 is 0 Å². The Labute approximate surface area is 148 Å². The Morgan fingerprint density at radius 1 is 1.20 bits per heavy atom. The maximum Gasteiger partial charge on any atom is 0.224 e. The molecule has 134 valence electrons. The van der Waals surface area contributed by atoms with Crippen molar-refractivity contribution in [2.24, 2.45) is 0 Å². The average molecular weight is 342 g/mol. The van der Waals surface area contributed by atoms with E-state index in [1.807, 2.05) is 53.0 Å². The number of carbonyl (C=O) groups is 1. The Hall–Kier alpha value is -2.18. The number of amides is 1. The van der Waals surface area contributed by atoms with Gasteiger partial charge >= 0.3 is 0 Å². The number of aryl methyl sites for hydroxylation is 2. The highest BCUT2D eigenvalue weighted by Crippen LogP contribution is 2.15. The quantitative estimate of drug-likeness (QED) is 0.863. The smallest absolute Gasteiger partial charge is 0.224 e. The Kier molecular flexibility index (Phi) is 5.83. The average Bonchev–Trinajstić information content (AvgIpc) is 3.06. The number of rotatable bonds is 6. The van der Waals surface area contributed by atoms with E-state index in [9.17, 15) is 9.90 Å². The van der Waals surface area contributed by atoms with Crippen molar-refractivity contribution in [2.45, 2.75) is 26.0 Å². The van der Waals surface area contributed by atoms with Crippen molar-refractivity contribution in [1.29, 1.82) is 0 Å². The lowest BCUT2D eigenvalue weighted by Gasteiger charge is -2.35. The normalized spacial score (nSPS) is 16.8. The largest absolute Gasteiger partial charge is 0.387 e. The van der Waals surface area contributed by atoms with E-state index in [0.717, 1.165) is 37.3 Å². The van der Waals surface area contributed by atoms with Crippen molar-refractivity contribution < 1.29 is 9.90 Å². The van der Waals surface area contributed by atoms with Gasteiger partial charge in [0.15, 0.2) is 0 Å². The number of hydrogen-bond donors (Lipinski definition) is 1. The number of aliphatic hydroxyl groups excluding tert-OH is 1. The Morgan fingerprint density at radius 2 is 1.92 bits per heavy atom. The molecule has 0 bridgehead atoms. The number of β-amino-alcohol motifs (C(OH)–C–C–N with tert-alkyl or cyclic N) is 1. The molecule has 1 atom stereocenters. The third kappa shape index (κ3) is 4.90. The fraction of sp³-hybridized carbons (Fsp3) is 0.474. The van der Waals surface area contributed by atoms with Crippen LogP contribution in [0.25, 0.3) is 0 Å². The Balaban J connectivity index is 1.41. The molecule has 1 aromatic heterocycles. The number of aliphatic hydroxyl groups is 1. The molecule has 0 spiro atoms. The summed E-state index contributed by atoms with van der Waals surface area (Å²) in [5.74, 6) is 0.177. The Morgan fingerprint density at radius 3 is 2.56 bits per heavy atom. The van der Waals surface area contributed by atoms with Gasteiger partial charge in [-0.05, 0) is 18.1 Å². The zero-order chi connectivity index (χ0) is 17.6. The first-order valence-corrected chi connectivity index (χ1v) is 8.84. The second-order valence-corrected chi connectivity index (χ2v) is 6.64. The van der Waals surface area contributed by atoms with Gasteiger partial charge in [-0.3, -0.25) is 14.4 Å². The molecule has 0 aliphatic carbocycles.